The van der Waals surface area contributed by atoms with Gasteiger partial charge in [0.25, 0.3) is 0 Å². The van der Waals surface area contributed by atoms with Crippen molar-refractivity contribution in [3.63, 3.8) is 0 Å². The van der Waals surface area contributed by atoms with Gasteiger partial charge in [0.15, 0.2) is 0 Å². The number of hydrogen-bond acceptors (Lipinski definition) is 6. The van der Waals surface area contributed by atoms with Crippen molar-refractivity contribution in [3.05, 3.63) is 95.0 Å². The SMILES string of the molecule is CN1CCN=C1c1ccc(NC(=O)[C@H](CC(=O)OCc2ccccc2)NC(=O)Nc2ccc(Cl)cc2)cc1. The summed E-state index contributed by atoms with van der Waals surface area (Å²) >= 11 is 5.89. The van der Waals surface area contributed by atoms with Crippen LogP contribution in [0.4, 0.5) is 16.2 Å². The first kappa shape index (κ1) is 26.7. The van der Waals surface area contributed by atoms with E-state index in [-0.39, 0.29) is 13.0 Å². The minimum atomic E-state index is -1.18. The normalized spacial score (nSPS) is 13.3. The minimum absolute atomic E-state index is 0.0603. The highest BCUT2D eigenvalue weighted by atomic mass is 35.5. The van der Waals surface area contributed by atoms with Gasteiger partial charge in [0, 0.05) is 35.6 Å². The number of esters is 1. The number of halogens is 1. The van der Waals surface area contributed by atoms with E-state index in [0.717, 1.165) is 30.1 Å². The predicted molar refractivity (Wildman–Crippen MR) is 147 cm³/mol. The molecule has 1 atom stereocenters. The average Bonchev–Trinajstić information content (AvgIpc) is 3.35. The molecule has 0 aromatic heterocycles. The lowest BCUT2D eigenvalue weighted by Crippen LogP contribution is -2.47. The first-order valence-electron chi connectivity index (χ1n) is 12.1. The van der Waals surface area contributed by atoms with Gasteiger partial charge in [-0.2, -0.15) is 0 Å². The molecule has 38 heavy (non-hydrogen) atoms. The number of carbonyl (C=O) groups excluding carboxylic acids is 3. The molecule has 0 bridgehead atoms. The molecule has 3 N–H and O–H groups in total. The molecule has 0 saturated carbocycles. The Balaban J connectivity index is 1.41. The van der Waals surface area contributed by atoms with Crippen LogP contribution in [0.3, 0.4) is 0 Å². The molecule has 0 spiro atoms. The molecule has 0 saturated heterocycles. The number of carbonyl (C=O) groups is 3. The highest BCUT2D eigenvalue weighted by Crippen LogP contribution is 2.16. The van der Waals surface area contributed by atoms with Crippen molar-refractivity contribution in [2.75, 3.05) is 30.8 Å². The van der Waals surface area contributed by atoms with E-state index in [4.69, 9.17) is 16.3 Å². The van der Waals surface area contributed by atoms with E-state index >= 15 is 0 Å². The fourth-order valence-corrected chi connectivity index (χ4v) is 3.93. The fourth-order valence-electron chi connectivity index (χ4n) is 3.81. The summed E-state index contributed by atoms with van der Waals surface area (Å²) in [6, 6.07) is 21.1. The van der Waals surface area contributed by atoms with Gasteiger partial charge in [-0.15, -0.1) is 0 Å². The molecule has 196 valence electrons. The van der Waals surface area contributed by atoms with Gasteiger partial charge in [0.1, 0.15) is 18.5 Å². The van der Waals surface area contributed by atoms with Crippen LogP contribution >= 0.6 is 11.6 Å². The third-order valence-corrected chi connectivity index (χ3v) is 6.06. The van der Waals surface area contributed by atoms with Crippen LogP contribution in [0, 0.1) is 0 Å². The van der Waals surface area contributed by atoms with Gasteiger partial charge >= 0.3 is 12.0 Å². The van der Waals surface area contributed by atoms with Crippen LogP contribution in [-0.2, 0) is 20.9 Å². The standard InChI is InChI=1S/C28H28ClN5O4/c1-34-16-15-30-26(34)20-7-11-22(12-8-20)31-27(36)24(17-25(35)38-18-19-5-3-2-4-6-19)33-28(37)32-23-13-9-21(29)10-14-23/h2-14,24H,15-18H2,1H3,(H,31,36)(H2,32,33,37)/t24-/m0/s1. The summed E-state index contributed by atoms with van der Waals surface area (Å²) in [6.45, 7) is 1.67. The van der Waals surface area contributed by atoms with Crippen molar-refractivity contribution in [3.8, 4) is 0 Å². The third kappa shape index (κ3) is 7.57. The number of benzene rings is 3. The van der Waals surface area contributed by atoms with Gasteiger partial charge in [-0.05, 0) is 54.1 Å². The van der Waals surface area contributed by atoms with Crippen LogP contribution < -0.4 is 16.0 Å². The second-order valence-electron chi connectivity index (χ2n) is 8.70. The number of nitrogens with zero attached hydrogens (tertiary/aromatic N) is 2. The number of urea groups is 1. The largest absolute Gasteiger partial charge is 0.461 e. The Morgan fingerprint density at radius 3 is 2.26 bits per heavy atom. The smallest absolute Gasteiger partial charge is 0.319 e. The fraction of sp³-hybridized carbons (Fsp3) is 0.214. The molecule has 4 rings (SSSR count). The summed E-state index contributed by atoms with van der Waals surface area (Å²) in [6.07, 6.45) is -0.355. The van der Waals surface area contributed by atoms with E-state index < -0.39 is 23.9 Å². The molecule has 3 aromatic carbocycles. The number of anilines is 2. The van der Waals surface area contributed by atoms with Crippen molar-refractivity contribution in [2.45, 2.75) is 19.1 Å². The highest BCUT2D eigenvalue weighted by molar-refractivity contribution is 6.30. The van der Waals surface area contributed by atoms with Gasteiger partial charge in [-0.3, -0.25) is 14.6 Å². The maximum atomic E-state index is 13.1. The molecule has 3 aromatic rings. The topological polar surface area (TPSA) is 112 Å². The lowest BCUT2D eigenvalue weighted by molar-refractivity contribution is -0.146. The van der Waals surface area contributed by atoms with E-state index in [2.05, 4.69) is 25.8 Å². The zero-order valence-electron chi connectivity index (χ0n) is 20.8. The Labute approximate surface area is 225 Å². The molecule has 0 radical (unpaired) electrons. The Kier molecular flexibility index (Phi) is 8.94. The zero-order valence-corrected chi connectivity index (χ0v) is 21.6. The van der Waals surface area contributed by atoms with Gasteiger partial charge in [0.05, 0.1) is 13.0 Å². The number of ether oxygens (including phenoxy) is 1. The Hall–Kier alpha value is -4.37. The molecule has 0 aliphatic carbocycles. The zero-order chi connectivity index (χ0) is 26.9. The van der Waals surface area contributed by atoms with Crippen molar-refractivity contribution >= 4 is 46.7 Å². The van der Waals surface area contributed by atoms with Gasteiger partial charge < -0.3 is 25.6 Å². The van der Waals surface area contributed by atoms with E-state index in [0.29, 0.717) is 16.4 Å². The second kappa shape index (κ2) is 12.7. The monoisotopic (exact) mass is 533 g/mol. The third-order valence-electron chi connectivity index (χ3n) is 5.81. The molecule has 1 aliphatic heterocycles. The van der Waals surface area contributed by atoms with E-state index in [9.17, 15) is 14.4 Å². The van der Waals surface area contributed by atoms with Crippen LogP contribution in [0.25, 0.3) is 0 Å². The van der Waals surface area contributed by atoms with Crippen molar-refractivity contribution in [1.29, 1.82) is 0 Å². The number of amides is 3. The molecule has 1 aliphatic rings. The van der Waals surface area contributed by atoms with Gasteiger partial charge in [0.2, 0.25) is 5.91 Å². The number of likely N-dealkylation sites (N-methyl/N-ethyl adjacent to an activating group) is 1. The molecule has 0 fully saturated rings. The molecule has 9 nitrogen and oxygen atoms in total. The van der Waals surface area contributed by atoms with Crippen molar-refractivity contribution in [1.82, 2.24) is 10.2 Å². The molecule has 3 amide bonds. The summed E-state index contributed by atoms with van der Waals surface area (Å²) in [5.41, 5.74) is 2.74. The Morgan fingerprint density at radius 1 is 0.947 bits per heavy atom. The molecule has 0 unspecified atom stereocenters. The van der Waals surface area contributed by atoms with Crippen molar-refractivity contribution in [2.24, 2.45) is 4.99 Å². The molecule has 1 heterocycles. The van der Waals surface area contributed by atoms with Crippen LogP contribution in [0.15, 0.2) is 83.9 Å². The first-order chi connectivity index (χ1) is 18.4. The van der Waals surface area contributed by atoms with Crippen LogP contribution in [0.5, 0.6) is 0 Å². The van der Waals surface area contributed by atoms with Gasteiger partial charge in [-0.25, -0.2) is 4.79 Å². The lowest BCUT2D eigenvalue weighted by atomic mass is 10.1. The van der Waals surface area contributed by atoms with Crippen LogP contribution in [0.2, 0.25) is 5.02 Å². The van der Waals surface area contributed by atoms with Crippen LogP contribution in [0.1, 0.15) is 17.5 Å². The number of hydrogen-bond donors (Lipinski definition) is 3. The predicted octanol–water partition coefficient (Wildman–Crippen LogP) is 4.29. The number of rotatable bonds is 9. The maximum Gasteiger partial charge on any atom is 0.319 e. The Morgan fingerprint density at radius 2 is 1.61 bits per heavy atom. The van der Waals surface area contributed by atoms with E-state index in [1.54, 1.807) is 36.4 Å². The van der Waals surface area contributed by atoms with Crippen molar-refractivity contribution < 1.29 is 19.1 Å². The summed E-state index contributed by atoms with van der Waals surface area (Å²) in [5.74, 6) is -0.295. The van der Waals surface area contributed by atoms with Crippen LogP contribution in [-0.4, -0.2) is 54.8 Å². The highest BCUT2D eigenvalue weighted by Gasteiger charge is 2.25. The summed E-state index contributed by atoms with van der Waals surface area (Å²) in [7, 11) is 1.98. The van der Waals surface area contributed by atoms with Gasteiger partial charge in [-0.1, -0.05) is 41.9 Å². The molecular weight excluding hydrogens is 506 g/mol. The summed E-state index contributed by atoms with van der Waals surface area (Å²) < 4.78 is 5.33. The summed E-state index contributed by atoms with van der Waals surface area (Å²) in [4.78, 5) is 44.9. The molecule has 10 heteroatoms. The maximum absolute atomic E-state index is 13.1. The minimum Gasteiger partial charge on any atom is -0.461 e. The number of amidine groups is 1. The number of aliphatic imine (C=N–C) groups is 1. The lowest BCUT2D eigenvalue weighted by Gasteiger charge is -2.19. The van der Waals surface area contributed by atoms with E-state index in [1.165, 1.54) is 0 Å². The first-order valence-corrected chi connectivity index (χ1v) is 12.4. The summed E-state index contributed by atoms with van der Waals surface area (Å²) in [5, 5.41) is 8.49. The quantitative estimate of drug-likeness (QED) is 0.355. The van der Waals surface area contributed by atoms with E-state index in [1.807, 2.05) is 49.5 Å². The number of nitrogens with one attached hydrogen (secondary N) is 3. The second-order valence-corrected chi connectivity index (χ2v) is 9.14. The average molecular weight is 534 g/mol. The Bertz CT molecular complexity index is 1300. The molecular formula is C28H28ClN5O4.